The molecule has 1 aromatic carbocycles. The molecular weight excluding hydrogens is 376 g/mol. The van der Waals surface area contributed by atoms with Gasteiger partial charge >= 0.3 is 0 Å². The van der Waals surface area contributed by atoms with Gasteiger partial charge in [-0.3, -0.25) is 9.36 Å². The summed E-state index contributed by atoms with van der Waals surface area (Å²) in [4.78, 5) is 24.4. The molecule has 1 fully saturated rings. The molecular formula is C24H28N4O2. The van der Waals surface area contributed by atoms with Gasteiger partial charge in [0.2, 0.25) is 5.91 Å². The molecule has 6 heteroatoms. The first-order valence-electron chi connectivity index (χ1n) is 10.5. The summed E-state index contributed by atoms with van der Waals surface area (Å²) in [6.45, 7) is 5.02. The Kier molecular flexibility index (Phi) is 5.84. The van der Waals surface area contributed by atoms with E-state index in [0.717, 1.165) is 48.0 Å². The number of aromatic nitrogens is 3. The smallest absolute Gasteiger partial charge is 0.227 e. The molecule has 3 heterocycles. The van der Waals surface area contributed by atoms with Crippen LogP contribution in [0, 0.1) is 0 Å². The predicted octanol–water partition coefficient (Wildman–Crippen LogP) is 4.31. The van der Waals surface area contributed by atoms with Gasteiger partial charge in [0.15, 0.2) is 0 Å². The summed E-state index contributed by atoms with van der Waals surface area (Å²) in [5.74, 6) is 3.08. The largest absolute Gasteiger partial charge is 0.497 e. The van der Waals surface area contributed by atoms with E-state index in [9.17, 15) is 4.79 Å². The summed E-state index contributed by atoms with van der Waals surface area (Å²) < 4.78 is 7.24. The van der Waals surface area contributed by atoms with E-state index in [2.05, 4.69) is 18.8 Å². The number of pyridine rings is 1. The molecule has 4 rings (SSSR count). The van der Waals surface area contributed by atoms with Gasteiger partial charge in [0.1, 0.15) is 17.4 Å². The number of hydrogen-bond acceptors (Lipinski definition) is 4. The summed E-state index contributed by atoms with van der Waals surface area (Å²) >= 11 is 0. The van der Waals surface area contributed by atoms with Crippen LogP contribution >= 0.6 is 0 Å². The Morgan fingerprint density at radius 2 is 2.00 bits per heavy atom. The van der Waals surface area contributed by atoms with E-state index in [0.29, 0.717) is 12.3 Å². The van der Waals surface area contributed by atoms with Crippen LogP contribution in [-0.2, 0) is 11.2 Å². The first kappa shape index (κ1) is 20.1. The quantitative estimate of drug-likeness (QED) is 0.614. The number of ether oxygens (including phenoxy) is 1. The topological polar surface area (TPSA) is 60.2 Å². The number of benzene rings is 1. The zero-order chi connectivity index (χ0) is 21.1. The van der Waals surface area contributed by atoms with E-state index < -0.39 is 0 Å². The lowest BCUT2D eigenvalue weighted by Crippen LogP contribution is -2.32. The number of carbonyl (C=O) groups excluding carboxylic acids is 1. The van der Waals surface area contributed by atoms with E-state index in [1.165, 1.54) is 0 Å². The van der Waals surface area contributed by atoms with Crippen molar-refractivity contribution >= 4 is 5.91 Å². The third-order valence-corrected chi connectivity index (χ3v) is 5.62. The molecule has 0 bridgehead atoms. The van der Waals surface area contributed by atoms with Crippen LogP contribution in [-0.4, -0.2) is 39.0 Å². The molecule has 1 saturated heterocycles. The van der Waals surface area contributed by atoms with Crippen LogP contribution in [0.15, 0.2) is 54.9 Å². The van der Waals surface area contributed by atoms with Crippen molar-refractivity contribution in [3.8, 4) is 11.6 Å². The molecule has 2 aromatic heterocycles. The van der Waals surface area contributed by atoms with E-state index in [1.807, 2.05) is 64.3 Å². The van der Waals surface area contributed by atoms with Crippen molar-refractivity contribution in [2.45, 2.75) is 45.1 Å². The van der Waals surface area contributed by atoms with Gasteiger partial charge in [0.05, 0.1) is 25.3 Å². The van der Waals surface area contributed by atoms with Gasteiger partial charge in [-0.1, -0.05) is 32.0 Å². The maximum Gasteiger partial charge on any atom is 0.227 e. The number of carbonyl (C=O) groups is 1. The number of nitrogens with zero attached hydrogens (tertiary/aromatic N) is 4. The second-order valence-corrected chi connectivity index (χ2v) is 8.00. The van der Waals surface area contributed by atoms with Crippen LogP contribution in [0.2, 0.25) is 0 Å². The molecule has 156 valence electrons. The molecule has 3 aromatic rings. The average Bonchev–Trinajstić information content (AvgIpc) is 3.44. The highest BCUT2D eigenvalue weighted by molar-refractivity contribution is 5.79. The van der Waals surface area contributed by atoms with Crippen molar-refractivity contribution in [1.29, 1.82) is 0 Å². The van der Waals surface area contributed by atoms with Gasteiger partial charge in [-0.25, -0.2) is 9.97 Å². The highest BCUT2D eigenvalue weighted by Crippen LogP contribution is 2.32. The molecule has 0 N–H and O–H groups in total. The predicted molar refractivity (Wildman–Crippen MR) is 116 cm³/mol. The fourth-order valence-electron chi connectivity index (χ4n) is 4.09. The molecule has 0 radical (unpaired) electrons. The van der Waals surface area contributed by atoms with E-state index >= 15 is 0 Å². The van der Waals surface area contributed by atoms with Gasteiger partial charge in [-0.15, -0.1) is 0 Å². The summed E-state index contributed by atoms with van der Waals surface area (Å²) in [6, 6.07) is 13.8. The minimum atomic E-state index is 0.0155. The molecule has 1 unspecified atom stereocenters. The fraction of sp³-hybridized carbons (Fsp3) is 0.375. The monoisotopic (exact) mass is 404 g/mol. The van der Waals surface area contributed by atoms with Crippen LogP contribution in [0.1, 0.15) is 55.7 Å². The zero-order valence-electron chi connectivity index (χ0n) is 17.8. The van der Waals surface area contributed by atoms with E-state index in [-0.39, 0.29) is 11.9 Å². The van der Waals surface area contributed by atoms with Crippen LogP contribution < -0.4 is 4.74 Å². The molecule has 0 saturated carbocycles. The molecule has 1 aliphatic rings. The minimum absolute atomic E-state index is 0.0155. The van der Waals surface area contributed by atoms with Gasteiger partial charge < -0.3 is 9.64 Å². The number of rotatable bonds is 6. The normalized spacial score (nSPS) is 16.3. The molecule has 0 spiro atoms. The maximum absolute atomic E-state index is 13.1. The molecule has 6 nitrogen and oxygen atoms in total. The van der Waals surface area contributed by atoms with Crippen molar-refractivity contribution in [3.63, 3.8) is 0 Å². The van der Waals surface area contributed by atoms with Crippen LogP contribution in [0.3, 0.4) is 0 Å². The Morgan fingerprint density at radius 1 is 1.20 bits per heavy atom. The second-order valence-electron chi connectivity index (χ2n) is 8.00. The first-order valence-corrected chi connectivity index (χ1v) is 10.5. The number of hydrogen-bond donors (Lipinski definition) is 0. The van der Waals surface area contributed by atoms with Crippen LogP contribution in [0.5, 0.6) is 5.75 Å². The third-order valence-electron chi connectivity index (χ3n) is 5.62. The molecule has 30 heavy (non-hydrogen) atoms. The standard InChI is InChI=1S/C24H28N4O2/c1-17(2)24-25-13-15-28(24)22-8-4-6-20(26-22)21-7-5-14-27(21)23(29)16-18-9-11-19(30-3)12-10-18/h4,6,8-13,15,17,21H,5,7,14,16H2,1-3H3. The van der Waals surface area contributed by atoms with Gasteiger partial charge in [0.25, 0.3) is 0 Å². The second kappa shape index (κ2) is 8.69. The van der Waals surface area contributed by atoms with Crippen LogP contribution in [0.25, 0.3) is 5.82 Å². The number of imidazole rings is 1. The Labute approximate surface area is 177 Å². The van der Waals surface area contributed by atoms with Crippen molar-refractivity contribution in [2.75, 3.05) is 13.7 Å². The third kappa shape index (κ3) is 4.08. The summed E-state index contributed by atoms with van der Waals surface area (Å²) in [7, 11) is 1.64. The van der Waals surface area contributed by atoms with Crippen molar-refractivity contribution < 1.29 is 9.53 Å². The summed E-state index contributed by atoms with van der Waals surface area (Å²) in [5, 5.41) is 0. The summed E-state index contributed by atoms with van der Waals surface area (Å²) in [5.41, 5.74) is 1.93. The average molecular weight is 405 g/mol. The molecule has 1 atom stereocenters. The Bertz CT molecular complexity index is 1010. The SMILES string of the molecule is COc1ccc(CC(=O)N2CCCC2c2cccc(-n3ccnc3C(C)C)n2)cc1. The van der Waals surface area contributed by atoms with Crippen molar-refractivity contribution in [1.82, 2.24) is 19.4 Å². The van der Waals surface area contributed by atoms with Gasteiger partial charge in [0, 0.05) is 24.9 Å². The van der Waals surface area contributed by atoms with Crippen LogP contribution in [0.4, 0.5) is 0 Å². The Hall–Kier alpha value is -3.15. The van der Waals surface area contributed by atoms with Crippen molar-refractivity contribution in [2.24, 2.45) is 0 Å². The van der Waals surface area contributed by atoms with E-state index in [4.69, 9.17) is 9.72 Å². The van der Waals surface area contributed by atoms with Crippen molar-refractivity contribution in [3.05, 3.63) is 71.9 Å². The maximum atomic E-state index is 13.1. The van der Waals surface area contributed by atoms with Gasteiger partial charge in [-0.05, 0) is 42.7 Å². The lowest BCUT2D eigenvalue weighted by molar-refractivity contribution is -0.131. The number of methoxy groups -OCH3 is 1. The molecule has 0 aliphatic carbocycles. The molecule has 1 aliphatic heterocycles. The van der Waals surface area contributed by atoms with Gasteiger partial charge in [-0.2, -0.15) is 0 Å². The van der Waals surface area contributed by atoms with E-state index in [1.54, 1.807) is 7.11 Å². The Morgan fingerprint density at radius 3 is 2.73 bits per heavy atom. The highest BCUT2D eigenvalue weighted by Gasteiger charge is 2.31. The number of likely N-dealkylation sites (tertiary alicyclic amines) is 1. The first-order chi connectivity index (χ1) is 14.6. The zero-order valence-corrected chi connectivity index (χ0v) is 17.8. The summed E-state index contributed by atoms with van der Waals surface area (Å²) in [6.07, 6.45) is 6.07. The lowest BCUT2D eigenvalue weighted by atomic mass is 10.1. The highest BCUT2D eigenvalue weighted by atomic mass is 16.5. The number of amides is 1. The molecule has 1 amide bonds. The lowest BCUT2D eigenvalue weighted by Gasteiger charge is -2.25. The fourth-order valence-corrected chi connectivity index (χ4v) is 4.09. The minimum Gasteiger partial charge on any atom is -0.497 e. The Balaban J connectivity index is 1.54.